The maximum absolute atomic E-state index is 12.7. The number of carbonyl (C=O) groups is 2. The van der Waals surface area contributed by atoms with Crippen LogP contribution >= 0.6 is 27.5 Å². The molecule has 3 nitrogen and oxygen atoms in total. The molecule has 1 fully saturated rings. The van der Waals surface area contributed by atoms with Crippen LogP contribution in [-0.4, -0.2) is 11.8 Å². The highest BCUT2D eigenvalue weighted by molar-refractivity contribution is 9.10. The minimum Gasteiger partial charge on any atom is -0.274 e. The average Bonchev–Trinajstić information content (AvgIpc) is 2.66. The molecule has 1 heterocycles. The molecule has 1 aliphatic heterocycles. The lowest BCUT2D eigenvalue weighted by Crippen LogP contribution is -2.31. The summed E-state index contributed by atoms with van der Waals surface area (Å²) in [5.41, 5.74) is 2.64. The molecule has 21 heavy (non-hydrogen) atoms. The lowest BCUT2D eigenvalue weighted by molar-refractivity contribution is -0.122. The second kappa shape index (κ2) is 5.25. The van der Waals surface area contributed by atoms with Crippen molar-refractivity contribution in [2.75, 3.05) is 4.90 Å². The Morgan fingerprint density at radius 1 is 1.19 bits per heavy atom. The highest BCUT2D eigenvalue weighted by Gasteiger charge is 2.49. The summed E-state index contributed by atoms with van der Waals surface area (Å²) in [6.07, 6.45) is 3.40. The maximum Gasteiger partial charge on any atom is 0.238 e. The molecule has 0 saturated carbocycles. The van der Waals surface area contributed by atoms with E-state index in [0.717, 1.165) is 10.0 Å². The number of halogens is 2. The Morgan fingerprint density at radius 3 is 2.57 bits per heavy atom. The van der Waals surface area contributed by atoms with Crippen molar-refractivity contribution in [1.29, 1.82) is 0 Å². The van der Waals surface area contributed by atoms with Crippen molar-refractivity contribution in [2.45, 2.75) is 26.7 Å². The van der Waals surface area contributed by atoms with Crippen molar-refractivity contribution < 1.29 is 9.59 Å². The molecular weight excluding hydrogens is 354 g/mol. The molecule has 5 heteroatoms. The fourth-order valence-corrected chi connectivity index (χ4v) is 3.77. The topological polar surface area (TPSA) is 37.4 Å². The lowest BCUT2D eigenvalue weighted by atomic mass is 9.82. The molecule has 0 aromatic heterocycles. The zero-order chi connectivity index (χ0) is 15.3. The van der Waals surface area contributed by atoms with Gasteiger partial charge in [-0.3, -0.25) is 9.59 Å². The van der Waals surface area contributed by atoms with Crippen LogP contribution in [0.1, 0.15) is 25.3 Å². The van der Waals surface area contributed by atoms with Crippen LogP contribution in [0.25, 0.3) is 0 Å². The Kier molecular flexibility index (Phi) is 3.70. The smallest absolute Gasteiger partial charge is 0.238 e. The van der Waals surface area contributed by atoms with Gasteiger partial charge in [0.25, 0.3) is 0 Å². The van der Waals surface area contributed by atoms with Gasteiger partial charge >= 0.3 is 0 Å². The number of hydrogen-bond donors (Lipinski definition) is 0. The van der Waals surface area contributed by atoms with E-state index in [9.17, 15) is 9.59 Å². The Morgan fingerprint density at radius 2 is 1.86 bits per heavy atom. The van der Waals surface area contributed by atoms with E-state index in [4.69, 9.17) is 11.6 Å². The number of anilines is 1. The average molecular weight is 369 g/mol. The normalized spacial score (nSPS) is 25.1. The summed E-state index contributed by atoms with van der Waals surface area (Å²) in [6.45, 7) is 3.89. The third kappa shape index (κ3) is 2.34. The summed E-state index contributed by atoms with van der Waals surface area (Å²) in [7, 11) is 0. The van der Waals surface area contributed by atoms with Crippen molar-refractivity contribution in [3.05, 3.63) is 38.8 Å². The van der Waals surface area contributed by atoms with Gasteiger partial charge in [-0.15, -0.1) is 0 Å². The highest BCUT2D eigenvalue weighted by Crippen LogP contribution is 2.41. The molecular formula is C16H15BrClNO2. The monoisotopic (exact) mass is 367 g/mol. The Labute approximate surface area is 137 Å². The summed E-state index contributed by atoms with van der Waals surface area (Å²) >= 11 is 9.49. The van der Waals surface area contributed by atoms with Crippen LogP contribution in [0.2, 0.25) is 5.02 Å². The first-order valence-electron chi connectivity index (χ1n) is 6.89. The molecule has 0 N–H and O–H groups in total. The van der Waals surface area contributed by atoms with Gasteiger partial charge in [0.1, 0.15) is 0 Å². The number of nitrogens with zero attached hydrogens (tertiary/aromatic N) is 1. The summed E-state index contributed by atoms with van der Waals surface area (Å²) in [6, 6.07) is 3.53. The van der Waals surface area contributed by atoms with Gasteiger partial charge in [0.05, 0.1) is 22.5 Å². The predicted octanol–water partition coefficient (Wildman–Crippen LogP) is 4.26. The van der Waals surface area contributed by atoms with Crippen LogP contribution in [-0.2, 0) is 9.59 Å². The van der Waals surface area contributed by atoms with Crippen LogP contribution in [0.15, 0.2) is 28.3 Å². The standard InChI is InChI=1S/C16H15BrClNO2/c1-8-3-4-10-11(5-8)16(21)19(15(10)20)14-7-13(18)12(17)6-9(14)2/h3,6-7,10-11H,4-5H2,1-2H3. The predicted molar refractivity (Wildman–Crippen MR) is 86.4 cm³/mol. The quantitative estimate of drug-likeness (QED) is 0.549. The molecule has 0 radical (unpaired) electrons. The van der Waals surface area contributed by atoms with Gasteiger partial charge in [0.2, 0.25) is 11.8 Å². The van der Waals surface area contributed by atoms with Crippen LogP contribution in [0.4, 0.5) is 5.69 Å². The molecule has 2 amide bonds. The number of benzene rings is 1. The first-order valence-corrected chi connectivity index (χ1v) is 8.06. The molecule has 2 aliphatic rings. The van der Waals surface area contributed by atoms with Gasteiger partial charge in [-0.1, -0.05) is 23.3 Å². The van der Waals surface area contributed by atoms with Gasteiger partial charge in [0.15, 0.2) is 0 Å². The Bertz CT molecular complexity index is 683. The number of amides is 2. The lowest BCUT2D eigenvalue weighted by Gasteiger charge is -2.19. The number of allylic oxidation sites excluding steroid dienone is 2. The molecule has 1 aromatic carbocycles. The number of carbonyl (C=O) groups excluding carboxylic acids is 2. The van der Waals surface area contributed by atoms with Gasteiger partial charge in [-0.2, -0.15) is 0 Å². The fourth-order valence-electron chi connectivity index (χ4n) is 3.15. The van der Waals surface area contributed by atoms with Gasteiger partial charge < -0.3 is 0 Å². The van der Waals surface area contributed by atoms with E-state index in [1.54, 1.807) is 6.07 Å². The van der Waals surface area contributed by atoms with Crippen LogP contribution in [0.5, 0.6) is 0 Å². The summed E-state index contributed by atoms with van der Waals surface area (Å²) in [5, 5.41) is 0.500. The van der Waals surface area contributed by atoms with Crippen molar-refractivity contribution in [1.82, 2.24) is 0 Å². The molecule has 2 atom stereocenters. The van der Waals surface area contributed by atoms with Gasteiger partial charge in [0, 0.05) is 4.47 Å². The molecule has 1 aromatic rings. The number of imide groups is 1. The zero-order valence-corrected chi connectivity index (χ0v) is 14.2. The maximum atomic E-state index is 12.7. The van der Waals surface area contributed by atoms with Crippen molar-refractivity contribution >= 4 is 45.0 Å². The SMILES string of the molecule is CC1=CCC2C(=O)N(c3cc(Cl)c(Br)cc3C)C(=O)C2C1. The van der Waals surface area contributed by atoms with Crippen LogP contribution < -0.4 is 4.90 Å². The molecule has 1 aliphatic carbocycles. The van der Waals surface area contributed by atoms with E-state index < -0.39 is 0 Å². The molecule has 2 unspecified atom stereocenters. The van der Waals surface area contributed by atoms with Crippen molar-refractivity contribution in [2.24, 2.45) is 11.8 Å². The Hall–Kier alpha value is -1.13. The van der Waals surface area contributed by atoms with E-state index in [1.165, 1.54) is 10.5 Å². The van der Waals surface area contributed by atoms with Crippen molar-refractivity contribution in [3.63, 3.8) is 0 Å². The molecule has 3 rings (SSSR count). The second-order valence-electron chi connectivity index (χ2n) is 5.77. The molecule has 1 saturated heterocycles. The van der Waals surface area contributed by atoms with E-state index in [2.05, 4.69) is 22.0 Å². The van der Waals surface area contributed by atoms with Gasteiger partial charge in [-0.05, 0) is 60.3 Å². The second-order valence-corrected chi connectivity index (χ2v) is 7.03. The van der Waals surface area contributed by atoms with E-state index in [1.807, 2.05) is 19.9 Å². The fraction of sp³-hybridized carbons (Fsp3) is 0.375. The van der Waals surface area contributed by atoms with Crippen molar-refractivity contribution in [3.8, 4) is 0 Å². The minimum atomic E-state index is -0.219. The molecule has 0 bridgehead atoms. The van der Waals surface area contributed by atoms with E-state index in [0.29, 0.717) is 23.6 Å². The number of aryl methyl sites for hydroxylation is 1. The number of rotatable bonds is 1. The Balaban J connectivity index is 2.03. The number of fused-ring (bicyclic) bond motifs is 1. The minimum absolute atomic E-state index is 0.0982. The van der Waals surface area contributed by atoms with E-state index in [-0.39, 0.29) is 23.7 Å². The summed E-state index contributed by atoms with van der Waals surface area (Å²) in [4.78, 5) is 26.6. The molecule has 0 spiro atoms. The van der Waals surface area contributed by atoms with Crippen LogP contribution in [0.3, 0.4) is 0 Å². The largest absolute Gasteiger partial charge is 0.274 e. The zero-order valence-electron chi connectivity index (χ0n) is 11.8. The summed E-state index contributed by atoms with van der Waals surface area (Å²) in [5.74, 6) is -0.637. The molecule has 110 valence electrons. The summed E-state index contributed by atoms with van der Waals surface area (Å²) < 4.78 is 0.763. The first kappa shape index (κ1) is 14.8. The highest BCUT2D eigenvalue weighted by atomic mass is 79.9. The van der Waals surface area contributed by atoms with Crippen LogP contribution in [0, 0.1) is 18.8 Å². The van der Waals surface area contributed by atoms with E-state index >= 15 is 0 Å². The first-order chi connectivity index (χ1) is 9.90. The number of hydrogen-bond acceptors (Lipinski definition) is 2. The third-order valence-electron chi connectivity index (χ3n) is 4.30. The van der Waals surface area contributed by atoms with Gasteiger partial charge in [-0.25, -0.2) is 4.90 Å². The third-order valence-corrected chi connectivity index (χ3v) is 5.50.